The lowest BCUT2D eigenvalue weighted by Gasteiger charge is -2.13. The minimum Gasteiger partial charge on any atom is -0.356 e. The molecule has 0 fully saturated rings. The fourth-order valence-electron chi connectivity index (χ4n) is 2.29. The summed E-state index contributed by atoms with van der Waals surface area (Å²) in [6.07, 6.45) is 3.27. The number of aliphatic imine (C=N–C) groups is 1. The number of benzene rings is 1. The van der Waals surface area contributed by atoms with E-state index < -0.39 is 0 Å². The molecule has 0 bridgehead atoms. The molecule has 0 amide bonds. The summed E-state index contributed by atoms with van der Waals surface area (Å²) in [5, 5.41) is 14.9. The zero-order valence-electron chi connectivity index (χ0n) is 14.3. The summed E-state index contributed by atoms with van der Waals surface area (Å²) in [6, 6.07) is 4.45. The van der Waals surface area contributed by atoms with Gasteiger partial charge in [-0.25, -0.2) is 4.39 Å². The number of hydrogen-bond donors (Lipinski definition) is 2. The number of aromatic nitrogens is 3. The highest BCUT2D eigenvalue weighted by Gasteiger charge is 2.04. The third kappa shape index (κ3) is 6.77. The fraction of sp³-hybridized carbons (Fsp3) is 0.438. The Labute approximate surface area is 169 Å². The van der Waals surface area contributed by atoms with E-state index in [1.807, 2.05) is 4.57 Å². The van der Waals surface area contributed by atoms with Crippen molar-refractivity contribution in [2.45, 2.75) is 26.3 Å². The normalized spacial score (nSPS) is 11.1. The third-order valence-corrected chi connectivity index (χ3v) is 3.93. The summed E-state index contributed by atoms with van der Waals surface area (Å²) >= 11 is 6.02. The van der Waals surface area contributed by atoms with Crippen LogP contribution < -0.4 is 10.6 Å². The molecule has 6 nitrogen and oxygen atoms in total. The molecule has 0 saturated carbocycles. The van der Waals surface area contributed by atoms with E-state index in [0.29, 0.717) is 30.5 Å². The molecule has 25 heavy (non-hydrogen) atoms. The number of nitrogens with zero attached hydrogens (tertiary/aromatic N) is 4. The first kappa shape index (κ1) is 21.6. The summed E-state index contributed by atoms with van der Waals surface area (Å²) in [6.45, 7) is 4.18. The molecule has 0 saturated heterocycles. The van der Waals surface area contributed by atoms with Gasteiger partial charge in [0.25, 0.3) is 0 Å². The van der Waals surface area contributed by atoms with Crippen molar-refractivity contribution < 1.29 is 4.39 Å². The Morgan fingerprint density at radius 1 is 1.32 bits per heavy atom. The number of nitrogens with one attached hydrogen (secondary N) is 2. The molecule has 9 heteroatoms. The van der Waals surface area contributed by atoms with Crippen LogP contribution in [0.1, 0.15) is 18.3 Å². The largest absolute Gasteiger partial charge is 0.356 e. The first-order chi connectivity index (χ1) is 11.6. The molecule has 2 aromatic rings. The summed E-state index contributed by atoms with van der Waals surface area (Å²) in [7, 11) is 1.72. The van der Waals surface area contributed by atoms with Crippen LogP contribution in [0.25, 0.3) is 0 Å². The Balaban J connectivity index is 0.00000312. The second kappa shape index (κ2) is 11.2. The molecule has 138 valence electrons. The molecule has 0 aliphatic carbocycles. The molecule has 0 atom stereocenters. The van der Waals surface area contributed by atoms with E-state index in [1.54, 1.807) is 19.4 Å². The fourth-order valence-corrected chi connectivity index (χ4v) is 2.56. The van der Waals surface area contributed by atoms with Crippen LogP contribution in [0.3, 0.4) is 0 Å². The van der Waals surface area contributed by atoms with Crippen molar-refractivity contribution in [3.8, 4) is 0 Å². The van der Waals surface area contributed by atoms with E-state index in [2.05, 4.69) is 32.7 Å². The second-order valence-corrected chi connectivity index (χ2v) is 5.61. The van der Waals surface area contributed by atoms with Crippen molar-refractivity contribution in [1.82, 2.24) is 25.4 Å². The van der Waals surface area contributed by atoms with Gasteiger partial charge in [-0.15, -0.1) is 34.2 Å². The van der Waals surface area contributed by atoms with Crippen molar-refractivity contribution >= 4 is 41.5 Å². The van der Waals surface area contributed by atoms with E-state index in [1.165, 1.54) is 12.1 Å². The van der Waals surface area contributed by atoms with Crippen LogP contribution >= 0.6 is 35.6 Å². The maximum absolute atomic E-state index is 13.0. The zero-order valence-corrected chi connectivity index (χ0v) is 17.4. The minimum atomic E-state index is -0.324. The highest BCUT2D eigenvalue weighted by atomic mass is 127. The van der Waals surface area contributed by atoms with Crippen molar-refractivity contribution in [2.24, 2.45) is 4.99 Å². The lowest BCUT2D eigenvalue weighted by molar-refractivity contribution is 0.626. The van der Waals surface area contributed by atoms with E-state index in [4.69, 9.17) is 11.6 Å². The van der Waals surface area contributed by atoms with Crippen LogP contribution in [-0.4, -0.2) is 40.9 Å². The highest BCUT2D eigenvalue weighted by Crippen LogP contribution is 2.17. The van der Waals surface area contributed by atoms with Gasteiger partial charge < -0.3 is 15.2 Å². The molecule has 2 rings (SSSR count). The van der Waals surface area contributed by atoms with Crippen LogP contribution in [0, 0.1) is 5.82 Å². The van der Waals surface area contributed by atoms with Gasteiger partial charge in [0.05, 0.1) is 0 Å². The second-order valence-electron chi connectivity index (χ2n) is 5.21. The van der Waals surface area contributed by atoms with E-state index in [-0.39, 0.29) is 29.8 Å². The molecule has 0 unspecified atom stereocenters. The smallest absolute Gasteiger partial charge is 0.191 e. The molecule has 1 aromatic carbocycles. The SMILES string of the molecule is CCc1nncn1CCNC(=NC)NCCc1ccc(F)cc1Cl.I. The molecule has 0 aliphatic rings. The van der Waals surface area contributed by atoms with E-state index in [9.17, 15) is 4.39 Å². The maximum atomic E-state index is 13.0. The standard InChI is InChI=1S/C16H22ClFN6.HI/c1-3-15-23-22-11-24(15)9-8-21-16(19-2)20-7-6-12-4-5-13(18)10-14(12)17;/h4-5,10-11H,3,6-9H2,1-2H3,(H2,19,20,21);1H. The molecular formula is C16H23ClFIN6. The predicted octanol–water partition coefficient (Wildman–Crippen LogP) is 2.66. The zero-order chi connectivity index (χ0) is 17.4. The van der Waals surface area contributed by atoms with Gasteiger partial charge in [-0.2, -0.15) is 0 Å². The van der Waals surface area contributed by atoms with Crippen molar-refractivity contribution in [2.75, 3.05) is 20.1 Å². The maximum Gasteiger partial charge on any atom is 0.191 e. The van der Waals surface area contributed by atoms with Crippen LogP contribution in [0.5, 0.6) is 0 Å². The molecular weight excluding hydrogens is 458 g/mol. The van der Waals surface area contributed by atoms with Gasteiger partial charge in [0.15, 0.2) is 5.96 Å². The van der Waals surface area contributed by atoms with Gasteiger partial charge in [0.2, 0.25) is 0 Å². The molecule has 1 aromatic heterocycles. The van der Waals surface area contributed by atoms with Crippen molar-refractivity contribution in [1.29, 1.82) is 0 Å². The average molecular weight is 481 g/mol. The Bertz CT molecular complexity index is 691. The molecule has 0 spiro atoms. The third-order valence-electron chi connectivity index (χ3n) is 3.58. The predicted molar refractivity (Wildman–Crippen MR) is 109 cm³/mol. The van der Waals surface area contributed by atoms with Gasteiger partial charge in [0, 0.05) is 38.1 Å². The lowest BCUT2D eigenvalue weighted by atomic mass is 10.1. The van der Waals surface area contributed by atoms with Crippen LogP contribution in [-0.2, 0) is 19.4 Å². The van der Waals surface area contributed by atoms with Crippen LogP contribution in [0.15, 0.2) is 29.5 Å². The minimum absolute atomic E-state index is 0. The summed E-state index contributed by atoms with van der Waals surface area (Å²) in [5.74, 6) is 1.35. The van der Waals surface area contributed by atoms with Crippen molar-refractivity contribution in [3.05, 3.63) is 46.8 Å². The number of aryl methyl sites for hydroxylation is 1. The average Bonchev–Trinajstić information content (AvgIpc) is 3.02. The van der Waals surface area contributed by atoms with Gasteiger partial charge >= 0.3 is 0 Å². The van der Waals surface area contributed by atoms with Gasteiger partial charge in [-0.3, -0.25) is 4.99 Å². The summed E-state index contributed by atoms with van der Waals surface area (Å²) in [4.78, 5) is 4.18. The Morgan fingerprint density at radius 2 is 2.08 bits per heavy atom. The topological polar surface area (TPSA) is 67.1 Å². The number of guanidine groups is 1. The van der Waals surface area contributed by atoms with Gasteiger partial charge in [-0.05, 0) is 24.1 Å². The Hall–Kier alpha value is -1.42. The van der Waals surface area contributed by atoms with E-state index >= 15 is 0 Å². The van der Waals surface area contributed by atoms with Crippen molar-refractivity contribution in [3.63, 3.8) is 0 Å². The quantitative estimate of drug-likeness (QED) is 0.363. The Kier molecular flexibility index (Phi) is 9.73. The highest BCUT2D eigenvalue weighted by molar-refractivity contribution is 14.0. The monoisotopic (exact) mass is 480 g/mol. The molecule has 1 heterocycles. The summed E-state index contributed by atoms with van der Waals surface area (Å²) < 4.78 is 15.0. The molecule has 2 N–H and O–H groups in total. The number of halogens is 3. The van der Waals surface area contributed by atoms with E-state index in [0.717, 1.165) is 24.4 Å². The first-order valence-electron chi connectivity index (χ1n) is 7.89. The number of rotatable bonds is 7. The summed E-state index contributed by atoms with van der Waals surface area (Å²) in [5.41, 5.74) is 0.901. The first-order valence-corrected chi connectivity index (χ1v) is 8.27. The van der Waals surface area contributed by atoms with Gasteiger partial charge in [0.1, 0.15) is 18.0 Å². The van der Waals surface area contributed by atoms with Crippen LogP contribution in [0.2, 0.25) is 5.02 Å². The molecule has 0 aliphatic heterocycles. The Morgan fingerprint density at radius 3 is 2.76 bits per heavy atom. The molecule has 0 radical (unpaired) electrons. The lowest BCUT2D eigenvalue weighted by Crippen LogP contribution is -2.39. The van der Waals surface area contributed by atoms with Crippen LogP contribution in [0.4, 0.5) is 4.39 Å². The van der Waals surface area contributed by atoms with Gasteiger partial charge in [-0.1, -0.05) is 24.6 Å². The number of hydrogen-bond acceptors (Lipinski definition) is 3.